The lowest BCUT2D eigenvalue weighted by atomic mass is 10.3. The van der Waals surface area contributed by atoms with E-state index in [1.807, 2.05) is 0 Å². The van der Waals surface area contributed by atoms with Gasteiger partial charge in [0.15, 0.2) is 11.5 Å². The molecule has 64 valence electrons. The fourth-order valence-electron chi connectivity index (χ4n) is 0.678. The molecule has 3 N–H and O–H groups in total. The number of carbonyl (C=O) groups excluding carboxylic acids is 1. The standard InChI is InChI=1S/C7H6FNO3/c8-4-1-2-5(10)6(3-4)12-7(9)11/h1-3,10H,(H2,9,11). The van der Waals surface area contributed by atoms with Crippen molar-refractivity contribution in [2.45, 2.75) is 0 Å². The van der Waals surface area contributed by atoms with E-state index in [0.29, 0.717) is 0 Å². The molecule has 1 aromatic carbocycles. The van der Waals surface area contributed by atoms with Gasteiger partial charge in [-0.15, -0.1) is 0 Å². The molecule has 0 aliphatic heterocycles. The third kappa shape index (κ3) is 1.85. The quantitative estimate of drug-likeness (QED) is 0.661. The average Bonchev–Trinajstić information content (AvgIpc) is 1.96. The van der Waals surface area contributed by atoms with E-state index in [2.05, 4.69) is 10.5 Å². The first-order valence-electron chi connectivity index (χ1n) is 3.05. The van der Waals surface area contributed by atoms with Crippen LogP contribution in [0, 0.1) is 5.82 Å². The molecule has 0 bridgehead atoms. The first kappa shape index (κ1) is 8.32. The van der Waals surface area contributed by atoms with Crippen molar-refractivity contribution in [3.05, 3.63) is 24.0 Å². The lowest BCUT2D eigenvalue weighted by molar-refractivity contribution is 0.208. The molecule has 1 aromatic rings. The lowest BCUT2D eigenvalue weighted by Gasteiger charge is -2.02. The SMILES string of the molecule is NC(=O)Oc1cc(F)ccc1O. The zero-order valence-electron chi connectivity index (χ0n) is 5.95. The van der Waals surface area contributed by atoms with Crippen molar-refractivity contribution >= 4 is 6.09 Å². The van der Waals surface area contributed by atoms with Crippen LogP contribution in [0.15, 0.2) is 18.2 Å². The molecular formula is C7H6FNO3. The summed E-state index contributed by atoms with van der Waals surface area (Å²) >= 11 is 0. The molecule has 0 aromatic heterocycles. The van der Waals surface area contributed by atoms with Gasteiger partial charge >= 0.3 is 6.09 Å². The number of primary amides is 1. The highest BCUT2D eigenvalue weighted by atomic mass is 19.1. The van der Waals surface area contributed by atoms with Gasteiger partial charge in [-0.25, -0.2) is 9.18 Å². The second-order valence-electron chi connectivity index (χ2n) is 2.03. The van der Waals surface area contributed by atoms with Crippen LogP contribution >= 0.6 is 0 Å². The number of hydrogen-bond acceptors (Lipinski definition) is 3. The molecule has 0 atom stereocenters. The van der Waals surface area contributed by atoms with E-state index in [1.54, 1.807) is 0 Å². The van der Waals surface area contributed by atoms with Crippen LogP contribution in [0.25, 0.3) is 0 Å². The molecule has 0 spiro atoms. The van der Waals surface area contributed by atoms with Crippen LogP contribution in [0.2, 0.25) is 0 Å². The first-order chi connectivity index (χ1) is 5.59. The summed E-state index contributed by atoms with van der Waals surface area (Å²) in [7, 11) is 0. The highest BCUT2D eigenvalue weighted by Crippen LogP contribution is 2.25. The number of rotatable bonds is 1. The Bertz CT molecular complexity index is 314. The van der Waals surface area contributed by atoms with E-state index in [4.69, 9.17) is 5.11 Å². The molecule has 0 heterocycles. The lowest BCUT2D eigenvalue weighted by Crippen LogP contribution is -2.16. The van der Waals surface area contributed by atoms with Crippen molar-refractivity contribution in [3.8, 4) is 11.5 Å². The van der Waals surface area contributed by atoms with Crippen molar-refractivity contribution in [2.75, 3.05) is 0 Å². The molecule has 0 radical (unpaired) electrons. The maximum atomic E-state index is 12.5. The Morgan fingerprint density at radius 1 is 1.58 bits per heavy atom. The van der Waals surface area contributed by atoms with E-state index in [9.17, 15) is 9.18 Å². The predicted molar refractivity (Wildman–Crippen MR) is 38.3 cm³/mol. The van der Waals surface area contributed by atoms with Crippen LogP contribution in [0.4, 0.5) is 9.18 Å². The smallest absolute Gasteiger partial charge is 0.410 e. The van der Waals surface area contributed by atoms with Crippen molar-refractivity contribution < 1.29 is 19.0 Å². The Balaban J connectivity index is 2.97. The van der Waals surface area contributed by atoms with Crippen LogP contribution in [0.1, 0.15) is 0 Å². The predicted octanol–water partition coefficient (Wildman–Crippen LogP) is 0.989. The molecule has 0 aliphatic carbocycles. The molecule has 0 saturated carbocycles. The zero-order chi connectivity index (χ0) is 9.14. The monoisotopic (exact) mass is 171 g/mol. The summed E-state index contributed by atoms with van der Waals surface area (Å²) in [5.74, 6) is -1.25. The van der Waals surface area contributed by atoms with E-state index in [1.165, 1.54) is 0 Å². The first-order valence-corrected chi connectivity index (χ1v) is 3.05. The zero-order valence-corrected chi connectivity index (χ0v) is 5.95. The van der Waals surface area contributed by atoms with E-state index in [0.717, 1.165) is 18.2 Å². The van der Waals surface area contributed by atoms with Crippen LogP contribution in [-0.4, -0.2) is 11.2 Å². The van der Waals surface area contributed by atoms with Crippen LogP contribution < -0.4 is 10.5 Å². The summed E-state index contributed by atoms with van der Waals surface area (Å²) in [5.41, 5.74) is 4.65. The number of phenolic OH excluding ortho intramolecular Hbond substituents is 1. The largest absolute Gasteiger partial charge is 0.504 e. The third-order valence-corrected chi connectivity index (χ3v) is 1.13. The Hall–Kier alpha value is -1.78. The molecular weight excluding hydrogens is 165 g/mol. The van der Waals surface area contributed by atoms with Gasteiger partial charge in [-0.3, -0.25) is 0 Å². The second-order valence-corrected chi connectivity index (χ2v) is 2.03. The summed E-state index contributed by atoms with van der Waals surface area (Å²) in [6, 6.07) is 2.96. The van der Waals surface area contributed by atoms with Gasteiger partial charge < -0.3 is 15.6 Å². The van der Waals surface area contributed by atoms with Crippen molar-refractivity contribution in [2.24, 2.45) is 5.73 Å². The maximum Gasteiger partial charge on any atom is 0.410 e. The van der Waals surface area contributed by atoms with Crippen LogP contribution in [0.5, 0.6) is 11.5 Å². The number of aromatic hydroxyl groups is 1. The van der Waals surface area contributed by atoms with E-state index in [-0.39, 0.29) is 11.5 Å². The highest BCUT2D eigenvalue weighted by molar-refractivity contribution is 5.69. The number of nitrogens with two attached hydrogens (primary N) is 1. The minimum atomic E-state index is -1.10. The topological polar surface area (TPSA) is 72.6 Å². The van der Waals surface area contributed by atoms with Gasteiger partial charge in [0.2, 0.25) is 0 Å². The maximum absolute atomic E-state index is 12.5. The summed E-state index contributed by atoms with van der Waals surface area (Å²) < 4.78 is 16.7. The number of amides is 1. The molecule has 0 unspecified atom stereocenters. The molecule has 0 aliphatic rings. The van der Waals surface area contributed by atoms with Gasteiger partial charge in [0.05, 0.1) is 0 Å². The Kier molecular flexibility index (Phi) is 2.14. The van der Waals surface area contributed by atoms with Gasteiger partial charge in [0, 0.05) is 6.07 Å². The van der Waals surface area contributed by atoms with Crippen LogP contribution in [0.3, 0.4) is 0 Å². The fourth-order valence-corrected chi connectivity index (χ4v) is 0.678. The fraction of sp³-hybridized carbons (Fsp3) is 0. The number of hydrogen-bond donors (Lipinski definition) is 2. The summed E-state index contributed by atoms with van der Waals surface area (Å²) in [6.07, 6.45) is -1.10. The normalized spacial score (nSPS) is 9.42. The molecule has 4 nitrogen and oxygen atoms in total. The summed E-state index contributed by atoms with van der Waals surface area (Å²) in [4.78, 5) is 10.2. The molecule has 12 heavy (non-hydrogen) atoms. The Morgan fingerprint density at radius 3 is 2.83 bits per heavy atom. The summed E-state index contributed by atoms with van der Waals surface area (Å²) in [5, 5.41) is 8.98. The number of carbonyl (C=O) groups is 1. The van der Waals surface area contributed by atoms with Crippen molar-refractivity contribution in [3.63, 3.8) is 0 Å². The number of halogens is 1. The van der Waals surface area contributed by atoms with Crippen LogP contribution in [-0.2, 0) is 0 Å². The Labute approximate surface area is 67.4 Å². The minimum Gasteiger partial charge on any atom is -0.504 e. The number of ether oxygens (including phenoxy) is 1. The van der Waals surface area contributed by atoms with Gasteiger partial charge in [0.25, 0.3) is 0 Å². The van der Waals surface area contributed by atoms with Crippen molar-refractivity contribution in [1.29, 1.82) is 0 Å². The third-order valence-electron chi connectivity index (χ3n) is 1.13. The van der Waals surface area contributed by atoms with Gasteiger partial charge in [-0.2, -0.15) is 0 Å². The summed E-state index contributed by atoms with van der Waals surface area (Å²) in [6.45, 7) is 0. The molecule has 1 rings (SSSR count). The molecule has 5 heteroatoms. The average molecular weight is 171 g/mol. The van der Waals surface area contributed by atoms with Gasteiger partial charge in [-0.05, 0) is 12.1 Å². The van der Waals surface area contributed by atoms with Gasteiger partial charge in [0.1, 0.15) is 5.82 Å². The number of benzene rings is 1. The molecule has 1 amide bonds. The minimum absolute atomic E-state index is 0.289. The molecule has 0 saturated heterocycles. The highest BCUT2D eigenvalue weighted by Gasteiger charge is 2.06. The van der Waals surface area contributed by atoms with E-state index >= 15 is 0 Å². The van der Waals surface area contributed by atoms with E-state index < -0.39 is 11.9 Å². The molecule has 0 fully saturated rings. The van der Waals surface area contributed by atoms with Gasteiger partial charge in [-0.1, -0.05) is 0 Å². The number of phenols is 1. The second kappa shape index (κ2) is 3.08. The van der Waals surface area contributed by atoms with Crippen molar-refractivity contribution in [1.82, 2.24) is 0 Å². The Morgan fingerprint density at radius 2 is 2.25 bits per heavy atom.